The van der Waals surface area contributed by atoms with Gasteiger partial charge >= 0.3 is 6.03 Å². The standard InChI is InChI=1S/C13H17N3O/c17-13-15-12-6-2-1-4-10(12)9-16(13)11-5-3-7-14-8-11/h1-2,4,6,11,14H,3,5,7-9H2,(H,15,17). The van der Waals surface area contributed by atoms with Gasteiger partial charge in [0.2, 0.25) is 0 Å². The number of amides is 2. The minimum absolute atomic E-state index is 0.0393. The first-order valence-corrected chi connectivity index (χ1v) is 6.21. The predicted molar refractivity (Wildman–Crippen MR) is 66.9 cm³/mol. The maximum absolute atomic E-state index is 12.0. The van der Waals surface area contributed by atoms with Gasteiger partial charge < -0.3 is 15.5 Å². The van der Waals surface area contributed by atoms with Crippen molar-refractivity contribution in [2.24, 2.45) is 0 Å². The molecule has 0 aliphatic carbocycles. The lowest BCUT2D eigenvalue weighted by Crippen LogP contribution is -2.51. The smallest absolute Gasteiger partial charge is 0.316 e. The van der Waals surface area contributed by atoms with Gasteiger partial charge in [0.1, 0.15) is 0 Å². The van der Waals surface area contributed by atoms with E-state index in [-0.39, 0.29) is 6.03 Å². The van der Waals surface area contributed by atoms with E-state index in [1.807, 2.05) is 23.1 Å². The Labute approximate surface area is 101 Å². The molecular weight excluding hydrogens is 214 g/mol. The molecule has 2 N–H and O–H groups in total. The Kier molecular flexibility index (Phi) is 2.73. The Morgan fingerprint density at radius 1 is 1.29 bits per heavy atom. The molecule has 1 aromatic rings. The fourth-order valence-electron chi connectivity index (χ4n) is 2.62. The van der Waals surface area contributed by atoms with Crippen LogP contribution in [0.15, 0.2) is 24.3 Å². The summed E-state index contributed by atoms with van der Waals surface area (Å²) >= 11 is 0. The lowest BCUT2D eigenvalue weighted by Gasteiger charge is -2.37. The van der Waals surface area contributed by atoms with Crippen LogP contribution in [0.2, 0.25) is 0 Å². The van der Waals surface area contributed by atoms with E-state index in [2.05, 4.69) is 16.7 Å². The van der Waals surface area contributed by atoms with Crippen molar-refractivity contribution in [1.82, 2.24) is 10.2 Å². The zero-order valence-electron chi connectivity index (χ0n) is 9.78. The predicted octanol–water partition coefficient (Wildman–Crippen LogP) is 1.79. The third-order valence-electron chi connectivity index (χ3n) is 3.57. The van der Waals surface area contributed by atoms with E-state index in [1.165, 1.54) is 5.56 Å². The molecule has 2 aliphatic heterocycles. The maximum Gasteiger partial charge on any atom is 0.322 e. The van der Waals surface area contributed by atoms with Crippen molar-refractivity contribution in [3.05, 3.63) is 29.8 Å². The zero-order chi connectivity index (χ0) is 11.7. The summed E-state index contributed by atoms with van der Waals surface area (Å²) in [5, 5.41) is 6.32. The van der Waals surface area contributed by atoms with Crippen molar-refractivity contribution in [2.45, 2.75) is 25.4 Å². The van der Waals surface area contributed by atoms with Gasteiger partial charge in [0, 0.05) is 24.8 Å². The zero-order valence-corrected chi connectivity index (χ0v) is 9.78. The highest BCUT2D eigenvalue weighted by Gasteiger charge is 2.29. The Morgan fingerprint density at radius 2 is 2.18 bits per heavy atom. The number of nitrogens with one attached hydrogen (secondary N) is 2. The molecule has 2 heterocycles. The van der Waals surface area contributed by atoms with Gasteiger partial charge in [0.15, 0.2) is 0 Å². The van der Waals surface area contributed by atoms with Gasteiger partial charge in [-0.05, 0) is 31.0 Å². The minimum atomic E-state index is 0.0393. The van der Waals surface area contributed by atoms with Gasteiger partial charge in [-0.2, -0.15) is 0 Å². The largest absolute Gasteiger partial charge is 0.322 e. The van der Waals surface area contributed by atoms with Crippen LogP contribution in [0.5, 0.6) is 0 Å². The normalized spacial score (nSPS) is 24.1. The van der Waals surface area contributed by atoms with Crippen LogP contribution in [0.1, 0.15) is 18.4 Å². The molecule has 0 bridgehead atoms. The molecule has 1 saturated heterocycles. The molecule has 3 rings (SSSR count). The lowest BCUT2D eigenvalue weighted by atomic mass is 10.0. The van der Waals surface area contributed by atoms with Crippen LogP contribution in [0, 0.1) is 0 Å². The number of benzene rings is 1. The van der Waals surface area contributed by atoms with Crippen molar-refractivity contribution in [2.75, 3.05) is 18.4 Å². The first kappa shape index (κ1) is 10.6. The van der Waals surface area contributed by atoms with E-state index in [0.29, 0.717) is 6.04 Å². The average Bonchev–Trinajstić information content (AvgIpc) is 2.39. The molecule has 0 spiro atoms. The fourth-order valence-corrected chi connectivity index (χ4v) is 2.62. The highest BCUT2D eigenvalue weighted by molar-refractivity contribution is 5.92. The number of rotatable bonds is 1. The van der Waals surface area contributed by atoms with Crippen LogP contribution in [0.25, 0.3) is 0 Å². The lowest BCUT2D eigenvalue weighted by molar-refractivity contribution is 0.166. The van der Waals surface area contributed by atoms with E-state index < -0.39 is 0 Å². The second-order valence-corrected chi connectivity index (χ2v) is 4.72. The molecule has 0 saturated carbocycles. The SMILES string of the molecule is O=C1Nc2ccccc2CN1C1CCCNC1. The number of nitrogens with zero attached hydrogens (tertiary/aromatic N) is 1. The molecule has 4 nitrogen and oxygen atoms in total. The quantitative estimate of drug-likeness (QED) is 0.774. The van der Waals surface area contributed by atoms with Crippen LogP contribution in [-0.4, -0.2) is 30.1 Å². The number of para-hydroxylation sites is 1. The number of fused-ring (bicyclic) bond motifs is 1. The topological polar surface area (TPSA) is 44.4 Å². The summed E-state index contributed by atoms with van der Waals surface area (Å²) in [7, 11) is 0. The van der Waals surface area contributed by atoms with E-state index in [9.17, 15) is 4.79 Å². The number of hydrogen-bond donors (Lipinski definition) is 2. The number of carbonyl (C=O) groups is 1. The Morgan fingerprint density at radius 3 is 3.00 bits per heavy atom. The van der Waals surface area contributed by atoms with Crippen molar-refractivity contribution >= 4 is 11.7 Å². The van der Waals surface area contributed by atoms with Gasteiger partial charge in [0.25, 0.3) is 0 Å². The Balaban J connectivity index is 1.81. The summed E-state index contributed by atoms with van der Waals surface area (Å²) in [6.07, 6.45) is 2.25. The molecule has 4 heteroatoms. The molecule has 1 fully saturated rings. The summed E-state index contributed by atoms with van der Waals surface area (Å²) in [6.45, 7) is 2.71. The van der Waals surface area contributed by atoms with E-state index >= 15 is 0 Å². The summed E-state index contributed by atoms with van der Waals surface area (Å²) in [6, 6.07) is 8.39. The first-order chi connectivity index (χ1) is 8.34. The van der Waals surface area contributed by atoms with Crippen LogP contribution in [0.4, 0.5) is 10.5 Å². The molecule has 1 unspecified atom stereocenters. The molecule has 17 heavy (non-hydrogen) atoms. The summed E-state index contributed by atoms with van der Waals surface area (Å²) < 4.78 is 0. The third-order valence-corrected chi connectivity index (χ3v) is 3.57. The summed E-state index contributed by atoms with van der Waals surface area (Å²) in [5.74, 6) is 0. The minimum Gasteiger partial charge on any atom is -0.316 e. The average molecular weight is 231 g/mol. The third kappa shape index (κ3) is 2.00. The molecule has 1 aromatic carbocycles. The fraction of sp³-hybridized carbons (Fsp3) is 0.462. The summed E-state index contributed by atoms with van der Waals surface area (Å²) in [4.78, 5) is 14.0. The Bertz CT molecular complexity index is 426. The number of carbonyl (C=O) groups excluding carboxylic acids is 1. The van der Waals surface area contributed by atoms with Gasteiger partial charge in [-0.25, -0.2) is 4.79 Å². The van der Waals surface area contributed by atoms with Crippen LogP contribution < -0.4 is 10.6 Å². The molecule has 2 aliphatic rings. The number of piperidine rings is 1. The summed E-state index contributed by atoms with van der Waals surface area (Å²) in [5.41, 5.74) is 2.16. The highest BCUT2D eigenvalue weighted by Crippen LogP contribution is 2.25. The second-order valence-electron chi connectivity index (χ2n) is 4.72. The van der Waals surface area contributed by atoms with Gasteiger partial charge in [-0.3, -0.25) is 0 Å². The van der Waals surface area contributed by atoms with Crippen molar-refractivity contribution in [3.63, 3.8) is 0 Å². The second kappa shape index (κ2) is 4.37. The van der Waals surface area contributed by atoms with E-state index in [1.54, 1.807) is 0 Å². The van der Waals surface area contributed by atoms with Crippen LogP contribution >= 0.6 is 0 Å². The molecule has 1 atom stereocenters. The van der Waals surface area contributed by atoms with Crippen molar-refractivity contribution in [1.29, 1.82) is 0 Å². The molecular formula is C13H17N3O. The van der Waals surface area contributed by atoms with Crippen molar-refractivity contribution in [3.8, 4) is 0 Å². The molecule has 2 amide bonds. The molecule has 90 valence electrons. The number of anilines is 1. The van der Waals surface area contributed by atoms with Gasteiger partial charge in [-0.15, -0.1) is 0 Å². The number of urea groups is 1. The van der Waals surface area contributed by atoms with Gasteiger partial charge in [0.05, 0.1) is 0 Å². The van der Waals surface area contributed by atoms with Crippen LogP contribution in [0.3, 0.4) is 0 Å². The first-order valence-electron chi connectivity index (χ1n) is 6.21. The monoisotopic (exact) mass is 231 g/mol. The highest BCUT2D eigenvalue weighted by atomic mass is 16.2. The van der Waals surface area contributed by atoms with Gasteiger partial charge in [-0.1, -0.05) is 18.2 Å². The van der Waals surface area contributed by atoms with Crippen LogP contribution in [-0.2, 0) is 6.54 Å². The van der Waals surface area contributed by atoms with E-state index in [0.717, 1.165) is 38.2 Å². The maximum atomic E-state index is 12.0. The number of hydrogen-bond acceptors (Lipinski definition) is 2. The van der Waals surface area contributed by atoms with Crippen molar-refractivity contribution < 1.29 is 4.79 Å². The van der Waals surface area contributed by atoms with E-state index in [4.69, 9.17) is 0 Å². The molecule has 0 aromatic heterocycles. The Hall–Kier alpha value is -1.55. The molecule has 0 radical (unpaired) electrons.